The predicted molar refractivity (Wildman–Crippen MR) is 48.1 cm³/mol. The number of hydrogen-bond donors (Lipinski definition) is 2. The lowest BCUT2D eigenvalue weighted by molar-refractivity contribution is 0.758. The van der Waals surface area contributed by atoms with Crippen molar-refractivity contribution in [1.29, 1.82) is 0 Å². The fraction of sp³-hybridized carbons (Fsp3) is 0.833. The van der Waals surface area contributed by atoms with Crippen molar-refractivity contribution in [3.05, 3.63) is 0 Å². The summed E-state index contributed by atoms with van der Waals surface area (Å²) in [5.41, 5.74) is 5.39. The number of hydrogen-bond acceptors (Lipinski definition) is 1. The molecule has 0 aromatic heterocycles. The Bertz CT molecular complexity index is 179. The molecule has 0 aromatic carbocycles. The van der Waals surface area contributed by atoms with Gasteiger partial charge in [-0.2, -0.15) is 0 Å². The summed E-state index contributed by atoms with van der Waals surface area (Å²) in [7, 11) is 1.63. The van der Waals surface area contributed by atoms with Crippen molar-refractivity contribution in [1.82, 2.24) is 5.32 Å². The van der Waals surface area contributed by atoms with Crippen molar-refractivity contribution in [2.24, 2.45) is 16.6 Å². The van der Waals surface area contributed by atoms with E-state index in [1.54, 1.807) is 7.05 Å². The molecule has 0 aromatic rings. The van der Waals surface area contributed by atoms with Gasteiger partial charge >= 0.3 is 0 Å². The van der Waals surface area contributed by atoms with E-state index >= 15 is 0 Å². The van der Waals surface area contributed by atoms with Gasteiger partial charge in [-0.3, -0.25) is 4.99 Å². The first-order valence-electron chi connectivity index (χ1n) is 3.40. The minimum atomic E-state index is -0.527. The number of alkyl halides is 2. The van der Waals surface area contributed by atoms with Crippen LogP contribution >= 0.6 is 23.2 Å². The second kappa shape index (κ2) is 3.07. The highest BCUT2D eigenvalue weighted by Gasteiger charge is 2.51. The van der Waals surface area contributed by atoms with Crippen LogP contribution in [0.4, 0.5) is 0 Å². The molecule has 3 nitrogen and oxygen atoms in total. The van der Waals surface area contributed by atoms with Gasteiger partial charge in [-0.05, 0) is 6.42 Å². The summed E-state index contributed by atoms with van der Waals surface area (Å²) in [5.74, 6) is 0.743. The Balaban J connectivity index is 2.16. The standard InChI is InChI=1S/C6H11Cl2N3/c1-10-5(9)11-3-4-2-6(4,7)8/h4H,2-3H2,1H3,(H3,9,10,11). The molecule has 5 heteroatoms. The van der Waals surface area contributed by atoms with Crippen LogP contribution in [-0.4, -0.2) is 23.9 Å². The molecule has 0 aliphatic heterocycles. The van der Waals surface area contributed by atoms with Gasteiger partial charge in [0.15, 0.2) is 5.96 Å². The molecule has 0 amide bonds. The molecule has 0 spiro atoms. The Kier molecular flexibility index (Phi) is 2.50. The average Bonchev–Trinajstić information content (AvgIpc) is 2.54. The zero-order valence-corrected chi connectivity index (χ0v) is 7.78. The molecule has 3 N–H and O–H groups in total. The molecule has 1 saturated carbocycles. The van der Waals surface area contributed by atoms with Gasteiger partial charge in [0.1, 0.15) is 4.33 Å². The number of nitrogens with zero attached hydrogens (tertiary/aromatic N) is 1. The van der Waals surface area contributed by atoms with E-state index in [1.807, 2.05) is 0 Å². The lowest BCUT2D eigenvalue weighted by atomic mass is 10.4. The first-order valence-corrected chi connectivity index (χ1v) is 4.16. The third-order valence-corrected chi connectivity index (χ3v) is 2.65. The highest BCUT2D eigenvalue weighted by atomic mass is 35.5. The van der Waals surface area contributed by atoms with E-state index in [-0.39, 0.29) is 0 Å². The van der Waals surface area contributed by atoms with E-state index in [0.717, 1.165) is 6.42 Å². The van der Waals surface area contributed by atoms with E-state index < -0.39 is 4.33 Å². The second-order valence-corrected chi connectivity index (χ2v) is 4.19. The van der Waals surface area contributed by atoms with Gasteiger partial charge < -0.3 is 11.1 Å². The zero-order chi connectivity index (χ0) is 8.48. The van der Waals surface area contributed by atoms with Crippen LogP contribution in [0.25, 0.3) is 0 Å². The van der Waals surface area contributed by atoms with Gasteiger partial charge in [0.05, 0.1) is 0 Å². The third-order valence-electron chi connectivity index (χ3n) is 1.73. The highest BCUT2D eigenvalue weighted by Crippen LogP contribution is 2.52. The summed E-state index contributed by atoms with van der Waals surface area (Å²) < 4.78 is -0.527. The summed E-state index contributed by atoms with van der Waals surface area (Å²) in [6.45, 7) is 0.705. The van der Waals surface area contributed by atoms with Crippen LogP contribution in [0.1, 0.15) is 6.42 Å². The molecule has 1 rings (SSSR count). The van der Waals surface area contributed by atoms with E-state index in [9.17, 15) is 0 Å². The first kappa shape index (κ1) is 8.94. The van der Waals surface area contributed by atoms with Crippen molar-refractivity contribution >= 4 is 29.2 Å². The highest BCUT2D eigenvalue weighted by molar-refractivity contribution is 6.50. The molecule has 1 fully saturated rings. The van der Waals surface area contributed by atoms with Gasteiger partial charge in [-0.1, -0.05) is 0 Å². The Morgan fingerprint density at radius 3 is 2.73 bits per heavy atom. The van der Waals surface area contributed by atoms with E-state index in [2.05, 4.69) is 10.3 Å². The molecule has 1 aliphatic rings. The number of aliphatic imine (C=N–C) groups is 1. The van der Waals surface area contributed by atoms with Crippen LogP contribution in [-0.2, 0) is 0 Å². The van der Waals surface area contributed by atoms with Crippen LogP contribution < -0.4 is 11.1 Å². The maximum Gasteiger partial charge on any atom is 0.188 e. The van der Waals surface area contributed by atoms with Gasteiger partial charge in [0.25, 0.3) is 0 Å². The lowest BCUT2D eigenvalue weighted by Crippen LogP contribution is -2.33. The molecule has 0 heterocycles. The normalized spacial score (nSPS) is 28.3. The molecule has 0 saturated heterocycles. The third kappa shape index (κ3) is 2.42. The van der Waals surface area contributed by atoms with Gasteiger partial charge in [-0.15, -0.1) is 23.2 Å². The second-order valence-electron chi connectivity index (χ2n) is 2.65. The molecule has 11 heavy (non-hydrogen) atoms. The van der Waals surface area contributed by atoms with Crippen LogP contribution in [0.2, 0.25) is 0 Å². The molecule has 1 atom stereocenters. The molecular formula is C6H11Cl2N3. The Morgan fingerprint density at radius 2 is 2.36 bits per heavy atom. The topological polar surface area (TPSA) is 50.4 Å². The fourth-order valence-electron chi connectivity index (χ4n) is 0.798. The molecule has 64 valence electrons. The van der Waals surface area contributed by atoms with Gasteiger partial charge in [0.2, 0.25) is 0 Å². The quantitative estimate of drug-likeness (QED) is 0.388. The predicted octanol–water partition coefficient (Wildman–Crippen LogP) is 0.714. The summed E-state index contributed by atoms with van der Waals surface area (Å²) in [6.07, 6.45) is 0.833. The maximum atomic E-state index is 5.78. The first-order chi connectivity index (χ1) is 5.06. The monoisotopic (exact) mass is 195 g/mol. The van der Waals surface area contributed by atoms with E-state index in [0.29, 0.717) is 18.4 Å². The van der Waals surface area contributed by atoms with Crippen molar-refractivity contribution in [3.8, 4) is 0 Å². The number of nitrogens with one attached hydrogen (secondary N) is 1. The Labute approximate surface area is 75.9 Å². The van der Waals surface area contributed by atoms with Gasteiger partial charge in [-0.25, -0.2) is 0 Å². The van der Waals surface area contributed by atoms with Crippen LogP contribution in [0.5, 0.6) is 0 Å². The summed E-state index contributed by atoms with van der Waals surface area (Å²) >= 11 is 11.6. The maximum absolute atomic E-state index is 5.78. The van der Waals surface area contributed by atoms with Crippen molar-refractivity contribution in [2.75, 3.05) is 13.6 Å². The summed E-state index contributed by atoms with van der Waals surface area (Å²) in [4.78, 5) is 3.73. The van der Waals surface area contributed by atoms with Crippen molar-refractivity contribution < 1.29 is 0 Å². The lowest BCUT2D eigenvalue weighted by Gasteiger charge is -2.03. The minimum absolute atomic E-state index is 0.311. The number of rotatable bonds is 2. The van der Waals surface area contributed by atoms with E-state index in [4.69, 9.17) is 28.9 Å². The number of guanidine groups is 1. The SMILES string of the molecule is CN=C(N)NCC1CC1(Cl)Cl. The van der Waals surface area contributed by atoms with Crippen LogP contribution in [0.15, 0.2) is 4.99 Å². The molecule has 0 bridgehead atoms. The molecule has 0 radical (unpaired) electrons. The smallest absolute Gasteiger partial charge is 0.188 e. The molecule has 1 unspecified atom stereocenters. The largest absolute Gasteiger partial charge is 0.370 e. The van der Waals surface area contributed by atoms with Crippen molar-refractivity contribution in [3.63, 3.8) is 0 Å². The average molecular weight is 196 g/mol. The Hall–Kier alpha value is -0.150. The van der Waals surface area contributed by atoms with Crippen molar-refractivity contribution in [2.45, 2.75) is 10.8 Å². The van der Waals surface area contributed by atoms with Crippen LogP contribution in [0, 0.1) is 5.92 Å². The van der Waals surface area contributed by atoms with Gasteiger partial charge in [0, 0.05) is 19.5 Å². The molecular weight excluding hydrogens is 185 g/mol. The van der Waals surface area contributed by atoms with Crippen LogP contribution in [0.3, 0.4) is 0 Å². The zero-order valence-electron chi connectivity index (χ0n) is 6.27. The summed E-state index contributed by atoms with van der Waals surface area (Å²) in [6, 6.07) is 0. The van der Waals surface area contributed by atoms with E-state index in [1.165, 1.54) is 0 Å². The fourth-order valence-corrected chi connectivity index (χ4v) is 1.32. The number of halogens is 2. The number of nitrogens with two attached hydrogens (primary N) is 1. The minimum Gasteiger partial charge on any atom is -0.370 e. The Morgan fingerprint density at radius 1 is 1.82 bits per heavy atom. The molecule has 1 aliphatic carbocycles. The summed E-state index contributed by atoms with van der Waals surface area (Å²) in [5, 5.41) is 2.91.